The lowest BCUT2D eigenvalue weighted by Crippen LogP contribution is -2.40. The molecule has 1 aliphatic carbocycles. The Labute approximate surface area is 147 Å². The summed E-state index contributed by atoms with van der Waals surface area (Å²) in [6.07, 6.45) is 2.75. The van der Waals surface area contributed by atoms with Crippen LogP contribution in [-0.4, -0.2) is 47.0 Å². The Balaban J connectivity index is 1.60. The van der Waals surface area contributed by atoms with Gasteiger partial charge in [0, 0.05) is 24.2 Å². The second-order valence-electron chi connectivity index (χ2n) is 6.96. The van der Waals surface area contributed by atoms with Crippen LogP contribution in [0.3, 0.4) is 0 Å². The number of amides is 1. The minimum atomic E-state index is -3.07. The lowest BCUT2D eigenvalue weighted by Gasteiger charge is -2.27. The summed E-state index contributed by atoms with van der Waals surface area (Å²) in [5, 5.41) is 7.14. The number of benzene rings is 1. The molecule has 0 bridgehead atoms. The van der Waals surface area contributed by atoms with Crippen LogP contribution in [-0.2, 0) is 16.4 Å². The van der Waals surface area contributed by atoms with Gasteiger partial charge < -0.3 is 4.90 Å². The summed E-state index contributed by atoms with van der Waals surface area (Å²) >= 11 is 0. The fourth-order valence-corrected chi connectivity index (χ4v) is 5.10. The number of nitrogens with zero attached hydrogens (tertiary/aromatic N) is 2. The molecule has 2 fully saturated rings. The van der Waals surface area contributed by atoms with Gasteiger partial charge in [-0.05, 0) is 30.9 Å². The number of aromatic nitrogens is 2. The van der Waals surface area contributed by atoms with Gasteiger partial charge in [0.2, 0.25) is 0 Å². The molecule has 2 aromatic rings. The monoisotopic (exact) mass is 359 g/mol. The Morgan fingerprint density at radius 1 is 1.20 bits per heavy atom. The standard InChI is InChI=1S/C18H21N3O3S/c22-18(17-10-16(19-20-17)14-6-7-14)21(11-13-4-2-1-3-5-13)15-8-9-25(23,24)12-15/h1-5,10,14-15H,6-9,11-12H2,(H,19,20)/t15-/m1/s1. The van der Waals surface area contributed by atoms with E-state index in [1.165, 1.54) is 0 Å². The molecule has 1 aromatic carbocycles. The lowest BCUT2D eigenvalue weighted by molar-refractivity contribution is 0.0675. The summed E-state index contributed by atoms with van der Waals surface area (Å²) in [5.41, 5.74) is 2.36. The fourth-order valence-electron chi connectivity index (χ4n) is 3.36. The van der Waals surface area contributed by atoms with E-state index in [1.54, 1.807) is 4.90 Å². The van der Waals surface area contributed by atoms with Crippen LogP contribution in [0.25, 0.3) is 0 Å². The van der Waals surface area contributed by atoms with E-state index >= 15 is 0 Å². The first kappa shape index (κ1) is 16.3. The normalized spacial score (nSPS) is 22.0. The second kappa shape index (κ2) is 6.29. The molecular formula is C18H21N3O3S. The average Bonchev–Trinajstić information content (AvgIpc) is 3.22. The summed E-state index contributed by atoms with van der Waals surface area (Å²) in [5.74, 6) is 0.466. The Morgan fingerprint density at radius 3 is 2.60 bits per heavy atom. The topological polar surface area (TPSA) is 83.1 Å². The highest BCUT2D eigenvalue weighted by Crippen LogP contribution is 2.39. The zero-order valence-electron chi connectivity index (χ0n) is 13.9. The second-order valence-corrected chi connectivity index (χ2v) is 9.19. The van der Waals surface area contributed by atoms with Crippen molar-refractivity contribution in [1.82, 2.24) is 15.1 Å². The van der Waals surface area contributed by atoms with Crippen molar-refractivity contribution in [2.75, 3.05) is 11.5 Å². The smallest absolute Gasteiger partial charge is 0.274 e. The van der Waals surface area contributed by atoms with Gasteiger partial charge in [-0.1, -0.05) is 30.3 Å². The summed E-state index contributed by atoms with van der Waals surface area (Å²) in [7, 11) is -3.07. The maximum Gasteiger partial charge on any atom is 0.274 e. The molecule has 0 radical (unpaired) electrons. The van der Waals surface area contributed by atoms with E-state index in [4.69, 9.17) is 0 Å². The first-order chi connectivity index (χ1) is 12.0. The van der Waals surface area contributed by atoms with Gasteiger partial charge in [0.05, 0.1) is 11.5 Å². The number of rotatable bonds is 5. The highest BCUT2D eigenvalue weighted by Gasteiger charge is 2.36. The molecule has 6 nitrogen and oxygen atoms in total. The van der Waals surface area contributed by atoms with Crippen molar-refractivity contribution in [1.29, 1.82) is 0 Å². The van der Waals surface area contributed by atoms with E-state index in [0.717, 1.165) is 24.1 Å². The zero-order valence-corrected chi connectivity index (χ0v) is 14.7. The fraction of sp³-hybridized carbons (Fsp3) is 0.444. The van der Waals surface area contributed by atoms with Crippen LogP contribution in [0.4, 0.5) is 0 Å². The molecule has 25 heavy (non-hydrogen) atoms. The van der Waals surface area contributed by atoms with Gasteiger partial charge in [-0.3, -0.25) is 9.89 Å². The Hall–Kier alpha value is -2.15. The quantitative estimate of drug-likeness (QED) is 0.886. The third-order valence-corrected chi connectivity index (χ3v) is 6.69. The number of H-pyrrole nitrogens is 1. The van der Waals surface area contributed by atoms with E-state index < -0.39 is 9.84 Å². The van der Waals surface area contributed by atoms with Crippen molar-refractivity contribution in [3.63, 3.8) is 0 Å². The number of hydrogen-bond donors (Lipinski definition) is 1. The summed E-state index contributed by atoms with van der Waals surface area (Å²) in [6, 6.07) is 11.2. The molecule has 2 heterocycles. The number of hydrogen-bond acceptors (Lipinski definition) is 4. The minimum Gasteiger partial charge on any atom is -0.329 e. The third kappa shape index (κ3) is 3.61. The van der Waals surface area contributed by atoms with Crippen LogP contribution in [0.5, 0.6) is 0 Å². The molecule has 2 aliphatic rings. The molecule has 1 aromatic heterocycles. The van der Waals surface area contributed by atoms with E-state index in [2.05, 4.69) is 10.2 Å². The summed E-state index contributed by atoms with van der Waals surface area (Å²) < 4.78 is 23.8. The van der Waals surface area contributed by atoms with Gasteiger partial charge in [0.25, 0.3) is 5.91 Å². The highest BCUT2D eigenvalue weighted by atomic mass is 32.2. The predicted octanol–water partition coefficient (Wildman–Crippen LogP) is 2.12. The lowest BCUT2D eigenvalue weighted by atomic mass is 10.1. The number of carbonyl (C=O) groups is 1. The van der Waals surface area contributed by atoms with Crippen LogP contribution in [0, 0.1) is 0 Å². The van der Waals surface area contributed by atoms with Crippen molar-refractivity contribution in [3.8, 4) is 0 Å². The van der Waals surface area contributed by atoms with Crippen LogP contribution in [0.1, 0.15) is 46.9 Å². The number of aromatic amines is 1. The molecule has 132 valence electrons. The first-order valence-electron chi connectivity index (χ1n) is 8.62. The van der Waals surface area contributed by atoms with E-state index in [-0.39, 0.29) is 23.5 Å². The van der Waals surface area contributed by atoms with Crippen LogP contribution >= 0.6 is 0 Å². The largest absolute Gasteiger partial charge is 0.329 e. The van der Waals surface area contributed by atoms with Crippen molar-refractivity contribution in [2.24, 2.45) is 0 Å². The van der Waals surface area contributed by atoms with E-state index in [1.807, 2.05) is 36.4 Å². The van der Waals surface area contributed by atoms with Crippen molar-refractivity contribution >= 4 is 15.7 Å². The molecule has 0 spiro atoms. The van der Waals surface area contributed by atoms with Gasteiger partial charge >= 0.3 is 0 Å². The van der Waals surface area contributed by atoms with Gasteiger partial charge in [-0.25, -0.2) is 8.42 Å². The molecule has 4 rings (SSSR count). The summed E-state index contributed by atoms with van der Waals surface area (Å²) in [6.45, 7) is 0.394. The molecule has 1 aliphatic heterocycles. The average molecular weight is 359 g/mol. The maximum absolute atomic E-state index is 13.1. The Bertz CT molecular complexity index is 872. The van der Waals surface area contributed by atoms with E-state index in [0.29, 0.717) is 24.6 Å². The van der Waals surface area contributed by atoms with Crippen molar-refractivity contribution < 1.29 is 13.2 Å². The molecule has 7 heteroatoms. The Morgan fingerprint density at radius 2 is 1.96 bits per heavy atom. The van der Waals surface area contributed by atoms with Gasteiger partial charge in [0.1, 0.15) is 5.69 Å². The van der Waals surface area contributed by atoms with Crippen LogP contribution in [0.15, 0.2) is 36.4 Å². The SMILES string of the molecule is O=C(c1cc(C2CC2)[nH]n1)N(Cc1ccccc1)[C@@H]1CCS(=O)(=O)C1. The summed E-state index contributed by atoms with van der Waals surface area (Å²) in [4.78, 5) is 14.7. The van der Waals surface area contributed by atoms with Gasteiger partial charge in [-0.15, -0.1) is 0 Å². The van der Waals surface area contributed by atoms with Gasteiger partial charge in [-0.2, -0.15) is 5.10 Å². The molecule has 1 atom stereocenters. The van der Waals surface area contributed by atoms with Crippen LogP contribution in [0.2, 0.25) is 0 Å². The molecule has 0 unspecified atom stereocenters. The van der Waals surface area contributed by atoms with Gasteiger partial charge in [0.15, 0.2) is 9.84 Å². The molecule has 1 amide bonds. The molecule has 1 N–H and O–H groups in total. The predicted molar refractivity (Wildman–Crippen MR) is 93.9 cm³/mol. The van der Waals surface area contributed by atoms with Crippen molar-refractivity contribution in [2.45, 2.75) is 37.8 Å². The van der Waals surface area contributed by atoms with E-state index in [9.17, 15) is 13.2 Å². The number of sulfone groups is 1. The minimum absolute atomic E-state index is 0.0332. The zero-order chi connectivity index (χ0) is 17.4. The molecular weight excluding hydrogens is 338 g/mol. The highest BCUT2D eigenvalue weighted by molar-refractivity contribution is 7.91. The van der Waals surface area contributed by atoms with Crippen LogP contribution < -0.4 is 0 Å². The molecule has 1 saturated heterocycles. The molecule has 1 saturated carbocycles. The number of nitrogens with one attached hydrogen (secondary N) is 1. The maximum atomic E-state index is 13.1. The third-order valence-electron chi connectivity index (χ3n) is 4.94. The number of carbonyl (C=O) groups excluding carboxylic acids is 1. The first-order valence-corrected chi connectivity index (χ1v) is 10.4. The van der Waals surface area contributed by atoms with Crippen molar-refractivity contribution in [3.05, 3.63) is 53.3 Å². The Kier molecular flexibility index (Phi) is 4.11.